The van der Waals surface area contributed by atoms with E-state index in [9.17, 15) is 8.42 Å². The van der Waals surface area contributed by atoms with Crippen LogP contribution in [0.4, 0.5) is 0 Å². The molecule has 0 atom stereocenters. The number of hydrogen-bond donors (Lipinski definition) is 1. The Morgan fingerprint density at radius 2 is 1.92 bits per heavy atom. The van der Waals surface area contributed by atoms with Crippen molar-refractivity contribution in [3.8, 4) is 0 Å². The summed E-state index contributed by atoms with van der Waals surface area (Å²) in [6.07, 6.45) is 0.672. The average Bonchev–Trinajstić information content (AvgIpc) is 2.94. The summed E-state index contributed by atoms with van der Waals surface area (Å²) >= 11 is 6.13. The Morgan fingerprint density at radius 1 is 1.12 bits per heavy atom. The van der Waals surface area contributed by atoms with Gasteiger partial charge in [-0.2, -0.15) is 4.31 Å². The highest BCUT2D eigenvalue weighted by molar-refractivity contribution is 7.89. The molecule has 0 unspecified atom stereocenters. The van der Waals surface area contributed by atoms with Crippen LogP contribution in [-0.2, 0) is 23.0 Å². The molecule has 0 spiro atoms. The lowest BCUT2D eigenvalue weighted by Crippen LogP contribution is -2.36. The average molecular weight is 375 g/mol. The number of aryl methyl sites for hydroxylation is 2. The third-order valence-corrected chi connectivity index (χ3v) is 7.09. The summed E-state index contributed by atoms with van der Waals surface area (Å²) in [6.45, 7) is 4.59. The fraction of sp³-hybridized carbons (Fsp3) is 0.263. The number of hydrogen-bond acceptors (Lipinski definition) is 2. The van der Waals surface area contributed by atoms with Gasteiger partial charge in [-0.3, -0.25) is 0 Å². The van der Waals surface area contributed by atoms with Crippen molar-refractivity contribution in [1.82, 2.24) is 9.29 Å². The van der Waals surface area contributed by atoms with Gasteiger partial charge in [-0.25, -0.2) is 8.42 Å². The van der Waals surface area contributed by atoms with E-state index in [0.29, 0.717) is 29.4 Å². The molecule has 0 amide bonds. The van der Waals surface area contributed by atoms with E-state index in [4.69, 9.17) is 11.6 Å². The number of nitrogens with one attached hydrogen (secondary N) is 1. The standard InChI is InChI=1S/C19H19ClN2O2S/c1-12-3-4-13(2)19(9-12)25(23,24)22-8-7-18-16(11-22)15-10-14(20)5-6-17(15)21-18/h3-6,9-10,21H,7-8,11H2,1-2H3. The number of sulfonamides is 1. The van der Waals surface area contributed by atoms with E-state index in [1.807, 2.05) is 44.2 Å². The van der Waals surface area contributed by atoms with Gasteiger partial charge in [0, 0.05) is 41.1 Å². The fourth-order valence-electron chi connectivity index (χ4n) is 3.49. The maximum atomic E-state index is 13.2. The van der Waals surface area contributed by atoms with Gasteiger partial charge in [0.2, 0.25) is 10.0 Å². The monoisotopic (exact) mass is 374 g/mol. The van der Waals surface area contributed by atoms with Crippen LogP contribution in [-0.4, -0.2) is 24.3 Å². The minimum Gasteiger partial charge on any atom is -0.358 e. The molecule has 0 saturated heterocycles. The molecule has 0 radical (unpaired) electrons. The molecular weight excluding hydrogens is 356 g/mol. The molecular formula is C19H19ClN2O2S. The van der Waals surface area contributed by atoms with Crippen LogP contribution >= 0.6 is 11.6 Å². The second-order valence-electron chi connectivity index (χ2n) is 6.63. The quantitative estimate of drug-likeness (QED) is 0.731. The topological polar surface area (TPSA) is 53.2 Å². The highest BCUT2D eigenvalue weighted by atomic mass is 35.5. The molecule has 3 aromatic rings. The van der Waals surface area contributed by atoms with Crippen molar-refractivity contribution in [2.45, 2.75) is 31.7 Å². The summed E-state index contributed by atoms with van der Waals surface area (Å²) in [7, 11) is -3.53. The number of benzene rings is 2. The van der Waals surface area contributed by atoms with Crippen LogP contribution in [0.25, 0.3) is 10.9 Å². The highest BCUT2D eigenvalue weighted by Crippen LogP contribution is 2.32. The van der Waals surface area contributed by atoms with Crippen molar-refractivity contribution in [2.75, 3.05) is 6.54 Å². The molecule has 2 aromatic carbocycles. The SMILES string of the molecule is Cc1ccc(C)c(S(=O)(=O)N2CCc3[nH]c4ccc(Cl)cc4c3C2)c1. The Hall–Kier alpha value is -1.82. The number of halogens is 1. The zero-order valence-corrected chi connectivity index (χ0v) is 15.7. The Labute approximate surface area is 152 Å². The molecule has 0 fully saturated rings. The summed E-state index contributed by atoms with van der Waals surface area (Å²) in [6, 6.07) is 11.2. The number of aromatic amines is 1. The molecule has 4 nitrogen and oxygen atoms in total. The zero-order chi connectivity index (χ0) is 17.8. The Morgan fingerprint density at radius 3 is 2.72 bits per heavy atom. The smallest absolute Gasteiger partial charge is 0.243 e. The molecule has 2 heterocycles. The minimum absolute atomic E-state index is 0.366. The molecule has 0 saturated carbocycles. The second kappa shape index (κ2) is 5.87. The van der Waals surface area contributed by atoms with Crippen molar-refractivity contribution in [1.29, 1.82) is 0 Å². The predicted molar refractivity (Wildman–Crippen MR) is 101 cm³/mol. The van der Waals surface area contributed by atoms with Crippen LogP contribution in [0.3, 0.4) is 0 Å². The van der Waals surface area contributed by atoms with Gasteiger partial charge in [0.05, 0.1) is 4.90 Å². The molecule has 1 N–H and O–H groups in total. The number of fused-ring (bicyclic) bond motifs is 3. The van der Waals surface area contributed by atoms with Gasteiger partial charge in [-0.1, -0.05) is 23.7 Å². The van der Waals surface area contributed by atoms with E-state index in [2.05, 4.69) is 4.98 Å². The lowest BCUT2D eigenvalue weighted by Gasteiger charge is -2.27. The minimum atomic E-state index is -3.53. The number of nitrogens with zero attached hydrogens (tertiary/aromatic N) is 1. The van der Waals surface area contributed by atoms with Crippen LogP contribution in [0.5, 0.6) is 0 Å². The van der Waals surface area contributed by atoms with Gasteiger partial charge in [0.25, 0.3) is 0 Å². The van der Waals surface area contributed by atoms with Gasteiger partial charge >= 0.3 is 0 Å². The van der Waals surface area contributed by atoms with Crippen molar-refractivity contribution in [3.63, 3.8) is 0 Å². The first-order chi connectivity index (χ1) is 11.9. The number of rotatable bonds is 2. The fourth-order valence-corrected chi connectivity index (χ4v) is 5.38. The Bertz CT molecular complexity index is 1090. The molecule has 25 heavy (non-hydrogen) atoms. The normalized spacial score (nSPS) is 15.5. The predicted octanol–water partition coefficient (Wildman–Crippen LogP) is 4.19. The van der Waals surface area contributed by atoms with Crippen molar-refractivity contribution in [3.05, 3.63) is 63.8 Å². The summed E-state index contributed by atoms with van der Waals surface area (Å²) in [4.78, 5) is 3.79. The summed E-state index contributed by atoms with van der Waals surface area (Å²) in [5.74, 6) is 0. The van der Waals surface area contributed by atoms with Gasteiger partial charge in [0.1, 0.15) is 0 Å². The van der Waals surface area contributed by atoms with Gasteiger partial charge in [-0.05, 0) is 54.8 Å². The van der Waals surface area contributed by atoms with E-state index in [-0.39, 0.29) is 0 Å². The van der Waals surface area contributed by atoms with Crippen molar-refractivity contribution >= 4 is 32.5 Å². The van der Waals surface area contributed by atoms with Crippen molar-refractivity contribution < 1.29 is 8.42 Å². The van der Waals surface area contributed by atoms with Crippen molar-refractivity contribution in [2.24, 2.45) is 0 Å². The molecule has 130 valence electrons. The highest BCUT2D eigenvalue weighted by Gasteiger charge is 2.31. The van der Waals surface area contributed by atoms with E-state index in [1.54, 1.807) is 10.4 Å². The van der Waals surface area contributed by atoms with E-state index in [0.717, 1.165) is 33.3 Å². The summed E-state index contributed by atoms with van der Waals surface area (Å²) < 4.78 is 27.9. The number of aromatic nitrogens is 1. The summed E-state index contributed by atoms with van der Waals surface area (Å²) in [5, 5.41) is 1.66. The molecule has 6 heteroatoms. The molecule has 1 aromatic heterocycles. The summed E-state index contributed by atoms with van der Waals surface area (Å²) in [5.41, 5.74) is 4.85. The van der Waals surface area contributed by atoms with Gasteiger partial charge in [0.15, 0.2) is 0 Å². The first kappa shape index (κ1) is 16.6. The third kappa shape index (κ3) is 2.76. The van der Waals surface area contributed by atoms with E-state index in [1.165, 1.54) is 0 Å². The molecule has 1 aliphatic heterocycles. The maximum absolute atomic E-state index is 13.2. The van der Waals surface area contributed by atoms with E-state index >= 15 is 0 Å². The molecule has 1 aliphatic rings. The number of H-pyrrole nitrogens is 1. The first-order valence-electron chi connectivity index (χ1n) is 8.22. The zero-order valence-electron chi connectivity index (χ0n) is 14.1. The lowest BCUT2D eigenvalue weighted by molar-refractivity contribution is 0.391. The van der Waals surface area contributed by atoms with Crippen LogP contribution in [0.2, 0.25) is 5.02 Å². The van der Waals surface area contributed by atoms with Crippen LogP contribution in [0, 0.1) is 13.8 Å². The van der Waals surface area contributed by atoms with Crippen LogP contribution < -0.4 is 0 Å². The van der Waals surface area contributed by atoms with Gasteiger partial charge < -0.3 is 4.98 Å². The Kier molecular flexibility index (Phi) is 3.90. The lowest BCUT2D eigenvalue weighted by atomic mass is 10.1. The largest absolute Gasteiger partial charge is 0.358 e. The second-order valence-corrected chi connectivity index (χ2v) is 8.97. The van der Waals surface area contributed by atoms with Crippen LogP contribution in [0.15, 0.2) is 41.3 Å². The molecule has 0 aliphatic carbocycles. The maximum Gasteiger partial charge on any atom is 0.243 e. The van der Waals surface area contributed by atoms with E-state index < -0.39 is 10.0 Å². The molecule has 4 rings (SSSR count). The first-order valence-corrected chi connectivity index (χ1v) is 10.0. The Balaban J connectivity index is 1.78. The molecule has 0 bridgehead atoms. The van der Waals surface area contributed by atoms with Crippen LogP contribution in [0.1, 0.15) is 22.4 Å². The van der Waals surface area contributed by atoms with Gasteiger partial charge in [-0.15, -0.1) is 0 Å². The third-order valence-electron chi connectivity index (χ3n) is 4.86.